The van der Waals surface area contributed by atoms with Crippen molar-refractivity contribution < 1.29 is 19.4 Å². The van der Waals surface area contributed by atoms with Crippen molar-refractivity contribution in [2.75, 3.05) is 18.6 Å². The first-order valence-corrected chi connectivity index (χ1v) is 9.14. The van der Waals surface area contributed by atoms with Gasteiger partial charge in [-0.1, -0.05) is 42.2 Å². The Labute approximate surface area is 161 Å². The van der Waals surface area contributed by atoms with Crippen LogP contribution in [0.2, 0.25) is 0 Å². The smallest absolute Gasteiger partial charge is 0.270 e. The number of nitrogens with zero attached hydrogens (tertiary/aromatic N) is 1. The van der Waals surface area contributed by atoms with E-state index in [9.17, 15) is 9.90 Å². The number of hydrogen-bond donors (Lipinski definition) is 1. The van der Waals surface area contributed by atoms with Gasteiger partial charge in [0.15, 0.2) is 15.8 Å². The van der Waals surface area contributed by atoms with E-state index in [1.165, 1.54) is 22.7 Å². The van der Waals surface area contributed by atoms with Crippen LogP contribution in [0.15, 0.2) is 47.4 Å². The molecule has 0 radical (unpaired) electrons. The van der Waals surface area contributed by atoms with E-state index in [1.54, 1.807) is 37.5 Å². The molecule has 0 spiro atoms. The molecule has 0 saturated carbocycles. The van der Waals surface area contributed by atoms with Crippen molar-refractivity contribution in [3.8, 4) is 17.2 Å². The van der Waals surface area contributed by atoms with E-state index in [0.717, 1.165) is 5.56 Å². The maximum atomic E-state index is 12.9. The molecule has 1 saturated heterocycles. The van der Waals surface area contributed by atoms with Crippen LogP contribution < -0.4 is 14.4 Å². The second-order valence-corrected chi connectivity index (χ2v) is 7.02. The van der Waals surface area contributed by atoms with E-state index in [0.29, 0.717) is 33.0 Å². The van der Waals surface area contributed by atoms with Gasteiger partial charge in [-0.3, -0.25) is 9.69 Å². The van der Waals surface area contributed by atoms with Gasteiger partial charge in [-0.25, -0.2) is 0 Å². The normalized spacial score (nSPS) is 15.6. The molecule has 1 aliphatic rings. The minimum absolute atomic E-state index is 0.0607. The topological polar surface area (TPSA) is 59.0 Å². The molecule has 1 aliphatic heterocycles. The number of hydrogen-bond acceptors (Lipinski definition) is 6. The van der Waals surface area contributed by atoms with Crippen LogP contribution in [-0.2, 0) is 4.79 Å². The van der Waals surface area contributed by atoms with E-state index >= 15 is 0 Å². The Morgan fingerprint density at radius 2 is 2.00 bits per heavy atom. The number of para-hydroxylation sites is 2. The second-order valence-electron chi connectivity index (χ2n) is 5.35. The van der Waals surface area contributed by atoms with Crippen LogP contribution in [0.4, 0.5) is 5.69 Å². The van der Waals surface area contributed by atoms with Crippen molar-refractivity contribution >= 4 is 46.0 Å². The highest BCUT2D eigenvalue weighted by atomic mass is 32.2. The van der Waals surface area contributed by atoms with Crippen LogP contribution in [-0.4, -0.2) is 29.1 Å². The molecule has 1 amide bonds. The SMILES string of the molecule is CCOc1cc(C=C2SC(=S)N(c3ccccc3OC)C2=O)ccc1O. The lowest BCUT2D eigenvalue weighted by Gasteiger charge is -2.17. The average molecular weight is 387 g/mol. The molecule has 5 nitrogen and oxygen atoms in total. The Hall–Kier alpha value is -2.51. The molecule has 0 aliphatic carbocycles. The molecule has 7 heteroatoms. The zero-order valence-electron chi connectivity index (χ0n) is 14.3. The summed E-state index contributed by atoms with van der Waals surface area (Å²) in [6.45, 7) is 2.28. The van der Waals surface area contributed by atoms with Crippen molar-refractivity contribution in [3.63, 3.8) is 0 Å². The Morgan fingerprint density at radius 1 is 1.23 bits per heavy atom. The predicted octanol–water partition coefficient (Wildman–Crippen LogP) is 4.21. The summed E-state index contributed by atoms with van der Waals surface area (Å²) in [5.41, 5.74) is 1.35. The molecule has 0 aromatic heterocycles. The van der Waals surface area contributed by atoms with Crippen LogP contribution >= 0.6 is 24.0 Å². The van der Waals surface area contributed by atoms with Gasteiger partial charge < -0.3 is 14.6 Å². The maximum absolute atomic E-state index is 12.9. The highest BCUT2D eigenvalue weighted by Gasteiger charge is 2.34. The van der Waals surface area contributed by atoms with E-state index in [2.05, 4.69) is 0 Å². The van der Waals surface area contributed by atoms with Gasteiger partial charge in [-0.05, 0) is 42.8 Å². The Morgan fingerprint density at radius 3 is 2.73 bits per heavy atom. The first-order chi connectivity index (χ1) is 12.5. The van der Waals surface area contributed by atoms with Crippen LogP contribution in [0.1, 0.15) is 12.5 Å². The Balaban J connectivity index is 1.94. The summed E-state index contributed by atoms with van der Waals surface area (Å²) in [7, 11) is 1.55. The minimum atomic E-state index is -0.212. The number of phenols is 1. The maximum Gasteiger partial charge on any atom is 0.270 e. The summed E-state index contributed by atoms with van der Waals surface area (Å²) in [4.78, 5) is 14.8. The number of benzene rings is 2. The third-order valence-corrected chi connectivity index (χ3v) is 5.00. The third-order valence-electron chi connectivity index (χ3n) is 3.70. The van der Waals surface area contributed by atoms with Crippen LogP contribution in [0, 0.1) is 0 Å². The van der Waals surface area contributed by atoms with Gasteiger partial charge in [0.05, 0.1) is 24.3 Å². The number of thioether (sulfide) groups is 1. The van der Waals surface area contributed by atoms with E-state index in [-0.39, 0.29) is 11.7 Å². The van der Waals surface area contributed by atoms with Crippen molar-refractivity contribution in [1.29, 1.82) is 0 Å². The lowest BCUT2D eigenvalue weighted by molar-refractivity contribution is -0.113. The number of aromatic hydroxyl groups is 1. The highest BCUT2D eigenvalue weighted by molar-refractivity contribution is 8.27. The second kappa shape index (κ2) is 7.80. The van der Waals surface area contributed by atoms with Gasteiger partial charge >= 0.3 is 0 Å². The summed E-state index contributed by atoms with van der Waals surface area (Å²) in [5, 5.41) is 9.81. The molecule has 1 N–H and O–H groups in total. The number of anilines is 1. The average Bonchev–Trinajstić information content (AvgIpc) is 2.91. The molecule has 0 atom stereocenters. The largest absolute Gasteiger partial charge is 0.504 e. The molecule has 0 bridgehead atoms. The highest BCUT2D eigenvalue weighted by Crippen LogP contribution is 2.40. The molecule has 2 aromatic rings. The molecule has 26 heavy (non-hydrogen) atoms. The quantitative estimate of drug-likeness (QED) is 0.613. The summed E-state index contributed by atoms with van der Waals surface area (Å²) >= 11 is 6.62. The number of thiocarbonyl (C=S) groups is 1. The van der Waals surface area contributed by atoms with Crippen molar-refractivity contribution in [3.05, 3.63) is 52.9 Å². The first-order valence-electron chi connectivity index (χ1n) is 7.92. The standard InChI is InChI=1S/C19H17NO4S2/c1-3-24-16-10-12(8-9-14(16)21)11-17-18(22)20(19(25)26-17)13-6-4-5-7-15(13)23-2/h4-11,21H,3H2,1-2H3. The van der Waals surface area contributed by atoms with E-state index in [4.69, 9.17) is 21.7 Å². The predicted molar refractivity (Wildman–Crippen MR) is 108 cm³/mol. The number of methoxy groups -OCH3 is 1. The first kappa shape index (κ1) is 18.3. The molecule has 0 unspecified atom stereocenters. The number of phenolic OH excluding ortho intramolecular Hbond substituents is 1. The number of amides is 1. The number of carbonyl (C=O) groups is 1. The van der Waals surface area contributed by atoms with Gasteiger partial charge in [-0.15, -0.1) is 0 Å². The molecular formula is C19H17NO4S2. The fraction of sp³-hybridized carbons (Fsp3) is 0.158. The zero-order chi connectivity index (χ0) is 18.7. The van der Waals surface area contributed by atoms with Gasteiger partial charge in [-0.2, -0.15) is 0 Å². The van der Waals surface area contributed by atoms with E-state index < -0.39 is 0 Å². The summed E-state index contributed by atoms with van der Waals surface area (Å²) in [5.74, 6) is 0.802. The summed E-state index contributed by atoms with van der Waals surface area (Å²) < 4.78 is 11.2. The Bertz CT molecular complexity index is 895. The number of rotatable bonds is 5. The van der Waals surface area contributed by atoms with Crippen LogP contribution in [0.25, 0.3) is 6.08 Å². The Kier molecular flexibility index (Phi) is 5.49. The zero-order valence-corrected chi connectivity index (χ0v) is 15.9. The summed E-state index contributed by atoms with van der Waals surface area (Å²) in [6.07, 6.45) is 1.73. The molecule has 3 rings (SSSR count). The van der Waals surface area contributed by atoms with Crippen LogP contribution in [0.5, 0.6) is 17.2 Å². The van der Waals surface area contributed by atoms with E-state index in [1.807, 2.05) is 19.1 Å². The van der Waals surface area contributed by atoms with Gasteiger partial charge in [0.25, 0.3) is 5.91 Å². The van der Waals surface area contributed by atoms with Crippen molar-refractivity contribution in [1.82, 2.24) is 0 Å². The van der Waals surface area contributed by atoms with Crippen LogP contribution in [0.3, 0.4) is 0 Å². The molecular weight excluding hydrogens is 370 g/mol. The van der Waals surface area contributed by atoms with Crippen molar-refractivity contribution in [2.45, 2.75) is 6.92 Å². The molecule has 2 aromatic carbocycles. The van der Waals surface area contributed by atoms with Gasteiger partial charge in [0.2, 0.25) is 0 Å². The fourth-order valence-electron chi connectivity index (χ4n) is 2.53. The monoisotopic (exact) mass is 387 g/mol. The lowest BCUT2D eigenvalue weighted by Crippen LogP contribution is -2.27. The van der Waals surface area contributed by atoms with Crippen molar-refractivity contribution in [2.24, 2.45) is 0 Å². The van der Waals surface area contributed by atoms with Gasteiger partial charge in [0.1, 0.15) is 5.75 Å². The number of carbonyl (C=O) groups excluding carboxylic acids is 1. The molecule has 1 fully saturated rings. The lowest BCUT2D eigenvalue weighted by atomic mass is 10.2. The molecule has 1 heterocycles. The molecule has 134 valence electrons. The minimum Gasteiger partial charge on any atom is -0.504 e. The third kappa shape index (κ3) is 3.54. The summed E-state index contributed by atoms with van der Waals surface area (Å²) in [6, 6.07) is 12.2. The fourth-order valence-corrected chi connectivity index (χ4v) is 3.82. The number of ether oxygens (including phenoxy) is 2. The van der Waals surface area contributed by atoms with Gasteiger partial charge in [0, 0.05) is 0 Å².